The van der Waals surface area contributed by atoms with Crippen LogP contribution in [0, 0.1) is 0 Å². The van der Waals surface area contributed by atoms with Gasteiger partial charge in [-0.25, -0.2) is 9.78 Å². The standard InChI is InChI=1S/C21H33N9O9/c22-11(6-10-8-25-9-27-10)17(35)28-13(3-4-15(31)32)19(37)29-12(2-1-5-26-21(23)24)18(36)30-14(20(38)39)7-16(33)34/h8-9,11-14H,1-7,22H2,(H,25,27)(H,28,35)(H,29,37)(H,30,36)(H,31,32)(H,33,34)(H,38,39)(H4,23,24,26). The van der Waals surface area contributed by atoms with Crippen LogP contribution in [0.1, 0.15) is 37.8 Å². The SMILES string of the molecule is NC(N)=NCCCC(NC(=O)C(CCC(=O)O)NC(=O)C(N)Cc1cnc[nH]1)C(=O)NC(CC(=O)O)C(=O)O. The molecule has 0 aliphatic heterocycles. The average molecular weight is 556 g/mol. The molecule has 4 unspecified atom stereocenters. The monoisotopic (exact) mass is 555 g/mol. The molecule has 0 saturated heterocycles. The molecule has 1 rings (SSSR count). The first-order valence-electron chi connectivity index (χ1n) is 11.7. The number of guanidine groups is 1. The van der Waals surface area contributed by atoms with Gasteiger partial charge >= 0.3 is 17.9 Å². The lowest BCUT2D eigenvalue weighted by atomic mass is 10.1. The number of imidazole rings is 1. The van der Waals surface area contributed by atoms with Crippen molar-refractivity contribution in [3.63, 3.8) is 0 Å². The highest BCUT2D eigenvalue weighted by atomic mass is 16.4. The number of carboxylic acids is 3. The maximum atomic E-state index is 13.1. The molecule has 0 fully saturated rings. The number of aromatic amines is 1. The summed E-state index contributed by atoms with van der Waals surface area (Å²) < 4.78 is 0. The molecular weight excluding hydrogens is 522 g/mol. The summed E-state index contributed by atoms with van der Waals surface area (Å²) >= 11 is 0. The van der Waals surface area contributed by atoms with Crippen LogP contribution in [0.2, 0.25) is 0 Å². The van der Waals surface area contributed by atoms with E-state index in [4.69, 9.17) is 27.4 Å². The Morgan fingerprint density at radius 3 is 2.00 bits per heavy atom. The number of aromatic nitrogens is 2. The summed E-state index contributed by atoms with van der Waals surface area (Å²) in [5.74, 6) is -7.35. The lowest BCUT2D eigenvalue weighted by Gasteiger charge is -2.25. The predicted octanol–water partition coefficient (Wildman–Crippen LogP) is -3.79. The van der Waals surface area contributed by atoms with Gasteiger partial charge in [0.15, 0.2) is 5.96 Å². The largest absolute Gasteiger partial charge is 0.481 e. The van der Waals surface area contributed by atoms with Crippen LogP contribution in [0.3, 0.4) is 0 Å². The number of H-pyrrole nitrogens is 1. The Morgan fingerprint density at radius 1 is 0.897 bits per heavy atom. The number of aliphatic imine (C=N–C) groups is 1. The number of carboxylic acid groups (broad SMARTS) is 3. The van der Waals surface area contributed by atoms with Crippen molar-refractivity contribution in [3.8, 4) is 0 Å². The van der Waals surface area contributed by atoms with E-state index in [-0.39, 0.29) is 38.2 Å². The van der Waals surface area contributed by atoms with E-state index in [1.807, 2.05) is 5.32 Å². The second kappa shape index (κ2) is 16.2. The summed E-state index contributed by atoms with van der Waals surface area (Å²) in [6.07, 6.45) is 1.07. The van der Waals surface area contributed by atoms with Gasteiger partial charge in [-0.05, 0) is 19.3 Å². The molecule has 1 aromatic rings. The van der Waals surface area contributed by atoms with Crippen LogP contribution in [0.15, 0.2) is 17.5 Å². The van der Waals surface area contributed by atoms with E-state index in [1.54, 1.807) is 0 Å². The van der Waals surface area contributed by atoms with E-state index >= 15 is 0 Å². The maximum Gasteiger partial charge on any atom is 0.326 e. The fourth-order valence-corrected chi connectivity index (χ4v) is 3.23. The summed E-state index contributed by atoms with van der Waals surface area (Å²) in [5, 5.41) is 34.0. The Kier molecular flexibility index (Phi) is 13.4. The summed E-state index contributed by atoms with van der Waals surface area (Å²) in [5.41, 5.74) is 16.9. The van der Waals surface area contributed by atoms with E-state index < -0.39 is 72.6 Å². The van der Waals surface area contributed by atoms with Gasteiger partial charge < -0.3 is 53.5 Å². The number of carbonyl (C=O) groups excluding carboxylic acids is 3. The number of nitrogens with zero attached hydrogens (tertiary/aromatic N) is 2. The number of hydrogen-bond acceptors (Lipinski definition) is 9. The van der Waals surface area contributed by atoms with Gasteiger partial charge in [-0.15, -0.1) is 0 Å². The van der Waals surface area contributed by atoms with E-state index in [1.165, 1.54) is 12.5 Å². The van der Waals surface area contributed by atoms with Gasteiger partial charge in [0.2, 0.25) is 17.7 Å². The molecule has 0 aliphatic carbocycles. The number of hydrogen-bond donors (Lipinski definition) is 10. The first-order chi connectivity index (χ1) is 18.3. The van der Waals surface area contributed by atoms with Crippen molar-refractivity contribution in [1.82, 2.24) is 25.9 Å². The van der Waals surface area contributed by atoms with Crippen LogP contribution in [0.25, 0.3) is 0 Å². The van der Waals surface area contributed by atoms with Crippen molar-refractivity contribution in [1.29, 1.82) is 0 Å². The molecule has 216 valence electrons. The molecule has 18 nitrogen and oxygen atoms in total. The lowest BCUT2D eigenvalue weighted by Crippen LogP contribution is -2.57. The molecular formula is C21H33N9O9. The second-order valence-corrected chi connectivity index (χ2v) is 8.39. The summed E-state index contributed by atoms with van der Waals surface area (Å²) in [6, 6.07) is -5.76. The zero-order valence-corrected chi connectivity index (χ0v) is 20.8. The van der Waals surface area contributed by atoms with Crippen LogP contribution in [-0.4, -0.2) is 97.6 Å². The molecule has 0 saturated carbocycles. The highest BCUT2D eigenvalue weighted by Gasteiger charge is 2.31. The molecule has 0 radical (unpaired) electrons. The van der Waals surface area contributed by atoms with Crippen molar-refractivity contribution in [2.75, 3.05) is 6.54 Å². The smallest absolute Gasteiger partial charge is 0.326 e. The number of nitrogens with two attached hydrogens (primary N) is 3. The fourth-order valence-electron chi connectivity index (χ4n) is 3.23. The third-order valence-electron chi connectivity index (χ3n) is 5.18. The average Bonchev–Trinajstić information content (AvgIpc) is 3.35. The Bertz CT molecular complexity index is 1040. The highest BCUT2D eigenvalue weighted by molar-refractivity contribution is 5.94. The third-order valence-corrected chi connectivity index (χ3v) is 5.18. The predicted molar refractivity (Wildman–Crippen MR) is 133 cm³/mol. The van der Waals surface area contributed by atoms with Gasteiger partial charge in [0, 0.05) is 31.3 Å². The van der Waals surface area contributed by atoms with Crippen LogP contribution >= 0.6 is 0 Å². The molecule has 39 heavy (non-hydrogen) atoms. The van der Waals surface area contributed by atoms with Crippen LogP contribution in [0.4, 0.5) is 0 Å². The molecule has 13 N–H and O–H groups in total. The number of nitrogens with one attached hydrogen (secondary N) is 4. The summed E-state index contributed by atoms with van der Waals surface area (Å²) in [4.78, 5) is 82.3. The minimum Gasteiger partial charge on any atom is -0.481 e. The van der Waals surface area contributed by atoms with Crippen LogP contribution < -0.4 is 33.2 Å². The quantitative estimate of drug-likeness (QED) is 0.0472. The van der Waals surface area contributed by atoms with Crippen molar-refractivity contribution in [2.24, 2.45) is 22.2 Å². The van der Waals surface area contributed by atoms with Crippen molar-refractivity contribution in [2.45, 2.75) is 62.7 Å². The molecule has 0 aromatic carbocycles. The Labute approximate surface area is 221 Å². The van der Waals surface area contributed by atoms with Crippen molar-refractivity contribution < 1.29 is 44.1 Å². The number of rotatable bonds is 18. The van der Waals surface area contributed by atoms with Crippen molar-refractivity contribution >= 4 is 41.6 Å². The van der Waals surface area contributed by atoms with Gasteiger partial charge in [-0.3, -0.25) is 29.0 Å². The maximum absolute atomic E-state index is 13.1. The third kappa shape index (κ3) is 12.9. The molecule has 1 aromatic heterocycles. The second-order valence-electron chi connectivity index (χ2n) is 8.39. The van der Waals surface area contributed by atoms with E-state index in [0.29, 0.717) is 5.69 Å². The number of aliphatic carboxylic acids is 3. The van der Waals surface area contributed by atoms with Crippen molar-refractivity contribution in [3.05, 3.63) is 18.2 Å². The molecule has 18 heteroatoms. The molecule has 3 amide bonds. The molecule has 0 aliphatic rings. The Balaban J connectivity index is 3.05. The van der Waals surface area contributed by atoms with Crippen LogP contribution in [-0.2, 0) is 35.2 Å². The highest BCUT2D eigenvalue weighted by Crippen LogP contribution is 2.06. The summed E-state index contributed by atoms with van der Waals surface area (Å²) in [7, 11) is 0. The first kappa shape index (κ1) is 32.3. The Hall–Kier alpha value is -4.74. The Morgan fingerprint density at radius 2 is 1.49 bits per heavy atom. The minimum atomic E-state index is -1.80. The number of amides is 3. The fraction of sp³-hybridized carbons (Fsp3) is 0.524. The normalized spacial score (nSPS) is 13.7. The zero-order chi connectivity index (χ0) is 29.5. The first-order valence-corrected chi connectivity index (χ1v) is 11.7. The van der Waals surface area contributed by atoms with Gasteiger partial charge in [0.25, 0.3) is 0 Å². The summed E-state index contributed by atoms with van der Waals surface area (Å²) in [6.45, 7) is 0.0428. The number of carbonyl (C=O) groups is 6. The van der Waals surface area contributed by atoms with Gasteiger partial charge in [0.05, 0.1) is 18.8 Å². The zero-order valence-electron chi connectivity index (χ0n) is 20.8. The lowest BCUT2D eigenvalue weighted by molar-refractivity contribution is -0.147. The van der Waals surface area contributed by atoms with E-state index in [2.05, 4.69) is 25.6 Å². The van der Waals surface area contributed by atoms with E-state index in [0.717, 1.165) is 0 Å². The van der Waals surface area contributed by atoms with Crippen LogP contribution in [0.5, 0.6) is 0 Å². The minimum absolute atomic E-state index is 0.0368. The van der Waals surface area contributed by atoms with Gasteiger partial charge in [-0.1, -0.05) is 0 Å². The molecule has 1 heterocycles. The molecule has 4 atom stereocenters. The van der Waals surface area contributed by atoms with Gasteiger partial charge in [0.1, 0.15) is 18.1 Å². The molecule has 0 spiro atoms. The van der Waals surface area contributed by atoms with E-state index in [9.17, 15) is 33.9 Å². The molecule has 0 bridgehead atoms. The topological polar surface area (TPSA) is 318 Å². The van der Waals surface area contributed by atoms with Gasteiger partial charge in [-0.2, -0.15) is 0 Å².